The van der Waals surface area contributed by atoms with Gasteiger partial charge in [-0.2, -0.15) is 11.8 Å². The SMILES string of the molecule is C=CCNC(=NCc1nnc(C)n1C)NCC(C)(C)SC. The van der Waals surface area contributed by atoms with Crippen molar-refractivity contribution in [1.29, 1.82) is 0 Å². The molecule has 6 nitrogen and oxygen atoms in total. The maximum Gasteiger partial charge on any atom is 0.192 e. The van der Waals surface area contributed by atoms with Gasteiger partial charge < -0.3 is 15.2 Å². The summed E-state index contributed by atoms with van der Waals surface area (Å²) in [5.41, 5.74) is 0. The number of hydrogen-bond donors (Lipinski definition) is 2. The predicted octanol–water partition coefficient (Wildman–Crippen LogP) is 1.49. The maximum atomic E-state index is 4.56. The number of aromatic nitrogens is 3. The van der Waals surface area contributed by atoms with Gasteiger partial charge in [-0.15, -0.1) is 16.8 Å². The standard InChI is InChI=1S/C14H26N6S/c1-7-8-15-13(17-10-14(3,4)21-6)16-9-12-19-18-11(2)20(12)5/h7H,1,8-10H2,2-6H3,(H2,15,16,17). The number of rotatable bonds is 7. The van der Waals surface area contributed by atoms with Crippen LogP contribution in [-0.4, -0.2) is 44.8 Å². The Kier molecular flexibility index (Phi) is 6.74. The van der Waals surface area contributed by atoms with Gasteiger partial charge in [0, 0.05) is 24.9 Å². The first-order valence-corrected chi connectivity index (χ1v) is 8.15. The molecule has 21 heavy (non-hydrogen) atoms. The van der Waals surface area contributed by atoms with Gasteiger partial charge >= 0.3 is 0 Å². The molecule has 118 valence electrons. The summed E-state index contributed by atoms with van der Waals surface area (Å²) in [4.78, 5) is 4.56. The molecule has 0 bridgehead atoms. The fraction of sp³-hybridized carbons (Fsp3) is 0.643. The molecule has 1 rings (SSSR count). The van der Waals surface area contributed by atoms with E-state index in [1.54, 1.807) is 0 Å². The highest BCUT2D eigenvalue weighted by atomic mass is 32.2. The van der Waals surface area contributed by atoms with E-state index in [-0.39, 0.29) is 4.75 Å². The lowest BCUT2D eigenvalue weighted by Crippen LogP contribution is -2.43. The van der Waals surface area contributed by atoms with Crippen LogP contribution in [0.2, 0.25) is 0 Å². The van der Waals surface area contributed by atoms with Crippen molar-refractivity contribution in [3.63, 3.8) is 0 Å². The molecular weight excluding hydrogens is 284 g/mol. The first kappa shape index (κ1) is 17.6. The zero-order valence-corrected chi connectivity index (χ0v) is 14.4. The fourth-order valence-electron chi connectivity index (χ4n) is 1.45. The number of nitrogens with one attached hydrogen (secondary N) is 2. The van der Waals surface area contributed by atoms with Gasteiger partial charge in [0.25, 0.3) is 0 Å². The smallest absolute Gasteiger partial charge is 0.192 e. The predicted molar refractivity (Wildman–Crippen MR) is 90.7 cm³/mol. The summed E-state index contributed by atoms with van der Waals surface area (Å²) in [5, 5.41) is 14.7. The van der Waals surface area contributed by atoms with E-state index in [1.165, 1.54) is 0 Å². The Morgan fingerprint density at radius 2 is 2.14 bits per heavy atom. The third-order valence-electron chi connectivity index (χ3n) is 3.21. The summed E-state index contributed by atoms with van der Waals surface area (Å²) in [5.74, 6) is 2.49. The van der Waals surface area contributed by atoms with Gasteiger partial charge in [0.05, 0.1) is 0 Å². The highest BCUT2D eigenvalue weighted by Crippen LogP contribution is 2.19. The highest BCUT2D eigenvalue weighted by molar-refractivity contribution is 7.99. The lowest BCUT2D eigenvalue weighted by atomic mass is 10.2. The summed E-state index contributed by atoms with van der Waals surface area (Å²) >= 11 is 1.82. The van der Waals surface area contributed by atoms with E-state index in [4.69, 9.17) is 0 Å². The molecule has 7 heteroatoms. The Bertz CT molecular complexity index is 492. The first-order valence-electron chi connectivity index (χ1n) is 6.92. The molecule has 0 radical (unpaired) electrons. The third kappa shape index (κ3) is 5.79. The number of guanidine groups is 1. The van der Waals surface area contributed by atoms with E-state index in [0.717, 1.165) is 24.2 Å². The summed E-state index contributed by atoms with van der Waals surface area (Å²) in [6.07, 6.45) is 3.92. The van der Waals surface area contributed by atoms with Crippen LogP contribution in [0.25, 0.3) is 0 Å². The molecular formula is C14H26N6S. The molecule has 0 unspecified atom stereocenters. The van der Waals surface area contributed by atoms with E-state index in [1.807, 2.05) is 36.4 Å². The largest absolute Gasteiger partial charge is 0.355 e. The van der Waals surface area contributed by atoms with Crippen molar-refractivity contribution < 1.29 is 0 Å². The van der Waals surface area contributed by atoms with Crippen molar-refractivity contribution in [2.75, 3.05) is 19.3 Å². The van der Waals surface area contributed by atoms with Gasteiger partial charge in [-0.3, -0.25) is 0 Å². The Balaban J connectivity index is 2.69. The fourth-order valence-corrected chi connectivity index (χ4v) is 1.67. The van der Waals surface area contributed by atoms with Gasteiger partial charge in [-0.1, -0.05) is 6.08 Å². The minimum Gasteiger partial charge on any atom is -0.355 e. The lowest BCUT2D eigenvalue weighted by Gasteiger charge is -2.23. The molecule has 1 aromatic rings. The third-order valence-corrected chi connectivity index (χ3v) is 4.46. The van der Waals surface area contributed by atoms with Crippen LogP contribution < -0.4 is 10.6 Å². The minimum absolute atomic E-state index is 0.151. The summed E-state index contributed by atoms with van der Waals surface area (Å²) < 4.78 is 2.10. The van der Waals surface area contributed by atoms with Crippen LogP contribution in [0.1, 0.15) is 25.5 Å². The van der Waals surface area contributed by atoms with Gasteiger partial charge in [0.2, 0.25) is 0 Å². The van der Waals surface area contributed by atoms with Gasteiger partial charge in [-0.25, -0.2) is 4.99 Å². The highest BCUT2D eigenvalue weighted by Gasteiger charge is 2.16. The monoisotopic (exact) mass is 310 g/mol. The van der Waals surface area contributed by atoms with Crippen molar-refractivity contribution in [1.82, 2.24) is 25.4 Å². The molecule has 0 saturated heterocycles. The Morgan fingerprint density at radius 1 is 1.43 bits per heavy atom. The second-order valence-electron chi connectivity index (χ2n) is 5.37. The zero-order chi connectivity index (χ0) is 15.9. The molecule has 0 aliphatic heterocycles. The second-order valence-corrected chi connectivity index (χ2v) is 6.89. The van der Waals surface area contributed by atoms with Crippen LogP contribution in [0.4, 0.5) is 0 Å². The van der Waals surface area contributed by atoms with Crippen LogP contribution in [0.5, 0.6) is 0 Å². The average Bonchev–Trinajstić information content (AvgIpc) is 2.78. The molecule has 0 amide bonds. The Hall–Kier alpha value is -1.50. The van der Waals surface area contributed by atoms with Crippen molar-refractivity contribution in [2.45, 2.75) is 32.1 Å². The van der Waals surface area contributed by atoms with Gasteiger partial charge in [0.1, 0.15) is 12.4 Å². The Morgan fingerprint density at radius 3 is 2.67 bits per heavy atom. The maximum absolute atomic E-state index is 4.56. The van der Waals surface area contributed by atoms with E-state index >= 15 is 0 Å². The molecule has 1 heterocycles. The Labute approximate surface area is 131 Å². The van der Waals surface area contributed by atoms with E-state index in [0.29, 0.717) is 13.1 Å². The minimum atomic E-state index is 0.151. The quantitative estimate of drug-likeness (QED) is 0.454. The van der Waals surface area contributed by atoms with Crippen LogP contribution in [0, 0.1) is 6.92 Å². The second kappa shape index (κ2) is 8.07. The molecule has 1 aromatic heterocycles. The van der Waals surface area contributed by atoms with Gasteiger partial charge in [-0.05, 0) is 27.0 Å². The number of thioether (sulfide) groups is 1. The van der Waals surface area contributed by atoms with Crippen molar-refractivity contribution in [3.8, 4) is 0 Å². The van der Waals surface area contributed by atoms with Gasteiger partial charge in [0.15, 0.2) is 11.8 Å². The van der Waals surface area contributed by atoms with Crippen molar-refractivity contribution in [3.05, 3.63) is 24.3 Å². The number of aliphatic imine (C=N–C) groups is 1. The molecule has 0 aliphatic carbocycles. The summed E-state index contributed by atoms with van der Waals surface area (Å²) in [6.45, 7) is 12.0. The van der Waals surface area contributed by atoms with E-state index in [2.05, 4.69) is 52.5 Å². The molecule has 0 saturated carbocycles. The molecule has 0 atom stereocenters. The number of aryl methyl sites for hydroxylation is 1. The van der Waals surface area contributed by atoms with Crippen LogP contribution in [-0.2, 0) is 13.6 Å². The molecule has 0 aromatic carbocycles. The summed E-state index contributed by atoms with van der Waals surface area (Å²) in [7, 11) is 1.95. The average molecular weight is 310 g/mol. The summed E-state index contributed by atoms with van der Waals surface area (Å²) in [6, 6.07) is 0. The van der Waals surface area contributed by atoms with E-state index < -0.39 is 0 Å². The van der Waals surface area contributed by atoms with Crippen LogP contribution in [0.15, 0.2) is 17.6 Å². The molecule has 0 fully saturated rings. The van der Waals surface area contributed by atoms with E-state index in [9.17, 15) is 0 Å². The molecule has 0 aliphatic rings. The van der Waals surface area contributed by atoms with Crippen LogP contribution in [0.3, 0.4) is 0 Å². The molecule has 2 N–H and O–H groups in total. The molecule has 0 spiro atoms. The van der Waals surface area contributed by atoms with Crippen molar-refractivity contribution >= 4 is 17.7 Å². The topological polar surface area (TPSA) is 67.1 Å². The first-order chi connectivity index (χ1) is 9.89. The number of nitrogens with zero attached hydrogens (tertiary/aromatic N) is 4. The normalized spacial score (nSPS) is 12.3. The zero-order valence-electron chi connectivity index (χ0n) is 13.6. The number of hydrogen-bond acceptors (Lipinski definition) is 4. The van der Waals surface area contributed by atoms with Crippen LogP contribution >= 0.6 is 11.8 Å². The lowest BCUT2D eigenvalue weighted by molar-refractivity contribution is 0.664. The van der Waals surface area contributed by atoms with Crippen molar-refractivity contribution in [2.24, 2.45) is 12.0 Å².